The van der Waals surface area contributed by atoms with Crippen LogP contribution in [-0.2, 0) is 12.8 Å². The predicted molar refractivity (Wildman–Crippen MR) is 70.2 cm³/mol. The van der Waals surface area contributed by atoms with Gasteiger partial charge in [-0.05, 0) is 18.6 Å². The Morgan fingerprint density at radius 2 is 2.18 bits per heavy atom. The molecule has 0 aliphatic rings. The number of hydrogen-bond acceptors (Lipinski definition) is 5. The van der Waals surface area contributed by atoms with Crippen molar-refractivity contribution in [3.05, 3.63) is 27.2 Å². The lowest BCUT2D eigenvalue weighted by atomic mass is 10.3. The number of halogens is 2. The third kappa shape index (κ3) is 3.87. The van der Waals surface area contributed by atoms with Gasteiger partial charge in [0.1, 0.15) is 0 Å². The Kier molecular flexibility index (Phi) is 4.65. The molecule has 2 rings (SSSR count). The second kappa shape index (κ2) is 6.23. The highest BCUT2D eigenvalue weighted by Crippen LogP contribution is 2.21. The van der Waals surface area contributed by atoms with Crippen LogP contribution in [0.15, 0.2) is 16.5 Å². The first-order valence-electron chi connectivity index (χ1n) is 5.14. The Morgan fingerprint density at radius 3 is 2.88 bits per heavy atom. The van der Waals surface area contributed by atoms with Crippen LogP contribution in [0.1, 0.15) is 10.8 Å². The van der Waals surface area contributed by atoms with E-state index in [2.05, 4.69) is 15.5 Å². The lowest BCUT2D eigenvalue weighted by Crippen LogP contribution is -2.03. The molecule has 0 spiro atoms. The van der Waals surface area contributed by atoms with Crippen molar-refractivity contribution < 1.29 is 4.42 Å². The number of thiophene rings is 1. The highest BCUT2D eigenvalue weighted by Gasteiger charge is 2.04. The van der Waals surface area contributed by atoms with Crippen LogP contribution < -0.4 is 5.32 Å². The molecule has 0 amide bonds. The maximum Gasteiger partial charge on any atom is 0.315 e. The molecule has 0 fully saturated rings. The summed E-state index contributed by atoms with van der Waals surface area (Å²) in [6.07, 6.45) is 1.47. The number of anilines is 1. The standard InChI is InChI=1S/C10H11Cl2N3OS/c11-5-3-9-14-15-10(16-9)13-6-4-7-1-2-8(12)17-7/h1-2H,3-6H2,(H,13,15). The molecule has 0 bridgehead atoms. The van der Waals surface area contributed by atoms with Crippen LogP contribution in [-0.4, -0.2) is 22.6 Å². The van der Waals surface area contributed by atoms with Gasteiger partial charge in [0.25, 0.3) is 0 Å². The first-order valence-corrected chi connectivity index (χ1v) is 6.87. The van der Waals surface area contributed by atoms with Gasteiger partial charge in [-0.15, -0.1) is 28.0 Å². The number of rotatable bonds is 6. The lowest BCUT2D eigenvalue weighted by molar-refractivity contribution is 0.512. The fourth-order valence-electron chi connectivity index (χ4n) is 1.29. The monoisotopic (exact) mass is 291 g/mol. The zero-order valence-corrected chi connectivity index (χ0v) is 11.3. The van der Waals surface area contributed by atoms with E-state index in [-0.39, 0.29) is 0 Å². The number of aromatic nitrogens is 2. The Balaban J connectivity index is 1.77. The van der Waals surface area contributed by atoms with Crippen LogP contribution in [0.4, 0.5) is 6.01 Å². The Bertz CT molecular complexity index is 472. The summed E-state index contributed by atoms with van der Waals surface area (Å²) in [5.41, 5.74) is 0. The van der Waals surface area contributed by atoms with Crippen LogP contribution in [0.5, 0.6) is 0 Å². The van der Waals surface area contributed by atoms with Crippen molar-refractivity contribution in [2.24, 2.45) is 0 Å². The average Bonchev–Trinajstić information content (AvgIpc) is 2.89. The van der Waals surface area contributed by atoms with Gasteiger partial charge in [-0.3, -0.25) is 0 Å². The highest BCUT2D eigenvalue weighted by atomic mass is 35.5. The van der Waals surface area contributed by atoms with Crippen molar-refractivity contribution in [3.63, 3.8) is 0 Å². The molecule has 4 nitrogen and oxygen atoms in total. The number of nitrogens with one attached hydrogen (secondary N) is 1. The zero-order valence-electron chi connectivity index (χ0n) is 8.95. The highest BCUT2D eigenvalue weighted by molar-refractivity contribution is 7.16. The van der Waals surface area contributed by atoms with E-state index in [4.69, 9.17) is 27.6 Å². The van der Waals surface area contributed by atoms with E-state index < -0.39 is 0 Å². The predicted octanol–water partition coefficient (Wildman–Crippen LogP) is 3.22. The van der Waals surface area contributed by atoms with E-state index in [1.54, 1.807) is 11.3 Å². The average molecular weight is 292 g/mol. The molecule has 0 saturated carbocycles. The molecule has 2 heterocycles. The van der Waals surface area contributed by atoms with Gasteiger partial charge in [0.15, 0.2) is 0 Å². The first-order chi connectivity index (χ1) is 8.28. The van der Waals surface area contributed by atoms with Crippen molar-refractivity contribution in [2.45, 2.75) is 12.8 Å². The van der Waals surface area contributed by atoms with Gasteiger partial charge in [-0.2, -0.15) is 0 Å². The van der Waals surface area contributed by atoms with Crippen molar-refractivity contribution in [1.82, 2.24) is 10.2 Å². The maximum atomic E-state index is 5.84. The number of alkyl halides is 1. The van der Waals surface area contributed by atoms with Crippen molar-refractivity contribution >= 4 is 40.6 Å². The molecule has 0 aromatic carbocycles. The van der Waals surface area contributed by atoms with E-state index in [0.717, 1.165) is 17.3 Å². The minimum absolute atomic E-state index is 0.438. The van der Waals surface area contributed by atoms with Crippen molar-refractivity contribution in [2.75, 3.05) is 17.7 Å². The first kappa shape index (κ1) is 12.7. The van der Waals surface area contributed by atoms with Gasteiger partial charge >= 0.3 is 6.01 Å². The molecule has 17 heavy (non-hydrogen) atoms. The molecule has 0 saturated heterocycles. The topological polar surface area (TPSA) is 51.0 Å². The molecule has 2 aromatic heterocycles. The molecule has 0 unspecified atom stereocenters. The SMILES string of the molecule is ClCCc1nnc(NCCc2ccc(Cl)s2)o1. The van der Waals surface area contributed by atoms with E-state index in [0.29, 0.717) is 24.2 Å². The van der Waals surface area contributed by atoms with Crippen LogP contribution in [0.2, 0.25) is 4.34 Å². The number of aryl methyl sites for hydroxylation is 1. The lowest BCUT2D eigenvalue weighted by Gasteiger charge is -1.98. The van der Waals surface area contributed by atoms with Gasteiger partial charge < -0.3 is 9.73 Å². The van der Waals surface area contributed by atoms with E-state index in [1.165, 1.54) is 4.88 Å². The summed E-state index contributed by atoms with van der Waals surface area (Å²) >= 11 is 13.0. The van der Waals surface area contributed by atoms with E-state index in [9.17, 15) is 0 Å². The third-order valence-corrected chi connectivity index (χ3v) is 3.53. The molecular weight excluding hydrogens is 281 g/mol. The molecule has 7 heteroatoms. The molecule has 92 valence electrons. The van der Waals surface area contributed by atoms with Gasteiger partial charge in [-0.25, -0.2) is 0 Å². The molecule has 0 atom stereocenters. The number of hydrogen-bond donors (Lipinski definition) is 1. The molecular formula is C10H11Cl2N3OS. The van der Waals surface area contributed by atoms with E-state index >= 15 is 0 Å². The molecule has 0 radical (unpaired) electrons. The van der Waals surface area contributed by atoms with E-state index in [1.807, 2.05) is 12.1 Å². The Hall–Kier alpha value is -0.780. The van der Waals surface area contributed by atoms with Crippen molar-refractivity contribution in [1.29, 1.82) is 0 Å². The second-order valence-corrected chi connectivity index (χ2v) is 5.50. The van der Waals surface area contributed by atoms with Gasteiger partial charge in [0.05, 0.1) is 4.34 Å². The fourth-order valence-corrected chi connectivity index (χ4v) is 2.53. The summed E-state index contributed by atoms with van der Waals surface area (Å²) in [5, 5.41) is 10.8. The molecule has 0 aliphatic carbocycles. The maximum absolute atomic E-state index is 5.84. The number of nitrogens with zero attached hydrogens (tertiary/aromatic N) is 2. The van der Waals surface area contributed by atoms with Gasteiger partial charge in [0, 0.05) is 23.7 Å². The second-order valence-electron chi connectivity index (χ2n) is 3.32. The van der Waals surface area contributed by atoms with Crippen molar-refractivity contribution in [3.8, 4) is 0 Å². The summed E-state index contributed by atoms with van der Waals surface area (Å²) in [5.74, 6) is 1.04. The van der Waals surface area contributed by atoms with Crippen LogP contribution in [0.25, 0.3) is 0 Å². The fraction of sp³-hybridized carbons (Fsp3) is 0.400. The van der Waals surface area contributed by atoms with Crippen LogP contribution in [0, 0.1) is 0 Å². The normalized spacial score (nSPS) is 10.7. The minimum atomic E-state index is 0.438. The Morgan fingerprint density at radius 1 is 1.29 bits per heavy atom. The summed E-state index contributed by atoms with van der Waals surface area (Å²) in [7, 11) is 0. The Labute approximate surface area is 113 Å². The molecule has 2 aromatic rings. The molecule has 0 aliphatic heterocycles. The third-order valence-electron chi connectivity index (χ3n) is 2.05. The molecule has 1 N–H and O–H groups in total. The van der Waals surface area contributed by atoms with Crippen LogP contribution >= 0.6 is 34.5 Å². The van der Waals surface area contributed by atoms with Gasteiger partial charge in [0.2, 0.25) is 5.89 Å². The minimum Gasteiger partial charge on any atom is -0.408 e. The van der Waals surface area contributed by atoms with Crippen LogP contribution in [0.3, 0.4) is 0 Å². The summed E-state index contributed by atoms with van der Waals surface area (Å²) < 4.78 is 6.13. The smallest absolute Gasteiger partial charge is 0.315 e. The summed E-state index contributed by atoms with van der Waals surface area (Å²) in [6, 6.07) is 4.35. The largest absolute Gasteiger partial charge is 0.408 e. The quantitative estimate of drug-likeness (QED) is 0.831. The summed E-state index contributed by atoms with van der Waals surface area (Å²) in [4.78, 5) is 1.22. The zero-order chi connectivity index (χ0) is 12.1. The van der Waals surface area contributed by atoms with Gasteiger partial charge in [-0.1, -0.05) is 16.7 Å². The summed E-state index contributed by atoms with van der Waals surface area (Å²) in [6.45, 7) is 0.735.